The number of fused-ring (bicyclic) bond motifs is 2. The Morgan fingerprint density at radius 1 is 0.931 bits per heavy atom. The maximum Gasteiger partial charge on any atom is 0.420 e. The first kappa shape index (κ1) is 17.5. The fraction of sp³-hybridized carbons (Fsp3) is 0.167. The van der Waals surface area contributed by atoms with E-state index in [0.717, 1.165) is 29.7 Å². The number of amides is 1. The summed E-state index contributed by atoms with van der Waals surface area (Å²) in [5.41, 5.74) is 5.25. The predicted molar refractivity (Wildman–Crippen MR) is 113 cm³/mol. The van der Waals surface area contributed by atoms with E-state index in [-0.39, 0.29) is 12.5 Å². The summed E-state index contributed by atoms with van der Waals surface area (Å²) >= 11 is 0. The molecule has 1 aliphatic rings. The topological polar surface area (TPSA) is 55.5 Å². The molecular weight excluding hydrogens is 364 g/mol. The number of carbonyl (C=O) groups excluding carboxylic acids is 1. The smallest absolute Gasteiger partial charge is 0.408 e. The van der Waals surface area contributed by atoms with Crippen molar-refractivity contribution >= 4 is 22.7 Å². The van der Waals surface area contributed by atoms with Crippen molar-refractivity contribution < 1.29 is 9.21 Å². The van der Waals surface area contributed by atoms with Gasteiger partial charge in [-0.3, -0.25) is 9.36 Å². The van der Waals surface area contributed by atoms with Crippen LogP contribution < -0.4 is 10.7 Å². The quantitative estimate of drug-likeness (QED) is 0.531. The lowest BCUT2D eigenvalue weighted by Crippen LogP contribution is -2.39. The van der Waals surface area contributed by atoms with Gasteiger partial charge in [-0.1, -0.05) is 54.6 Å². The average molecular weight is 384 g/mol. The molecule has 0 spiro atoms. The number of benzene rings is 3. The number of aryl methyl sites for hydroxylation is 1. The monoisotopic (exact) mass is 384 g/mol. The molecule has 0 fully saturated rings. The third-order valence-electron chi connectivity index (χ3n) is 5.48. The summed E-state index contributed by atoms with van der Waals surface area (Å²) in [6.07, 6.45) is 1.89. The molecule has 0 aliphatic carbocycles. The van der Waals surface area contributed by atoms with Crippen molar-refractivity contribution in [2.45, 2.75) is 19.4 Å². The van der Waals surface area contributed by atoms with Crippen LogP contribution >= 0.6 is 0 Å². The van der Waals surface area contributed by atoms with Crippen molar-refractivity contribution in [1.82, 2.24) is 4.57 Å². The molecule has 0 unspecified atom stereocenters. The Hall–Kier alpha value is -3.60. The first-order chi connectivity index (χ1) is 14.2. The van der Waals surface area contributed by atoms with E-state index in [1.807, 2.05) is 60.7 Å². The van der Waals surface area contributed by atoms with Crippen LogP contribution in [0.2, 0.25) is 0 Å². The lowest BCUT2D eigenvalue weighted by Gasteiger charge is -2.29. The summed E-state index contributed by atoms with van der Waals surface area (Å²) in [5.74, 6) is -0.615. The van der Waals surface area contributed by atoms with Gasteiger partial charge in [-0.05, 0) is 47.7 Å². The molecule has 1 aromatic heterocycles. The summed E-state index contributed by atoms with van der Waals surface area (Å²) in [4.78, 5) is 27.4. The Bertz CT molecular complexity index is 1250. The highest BCUT2D eigenvalue weighted by Crippen LogP contribution is 2.28. The SMILES string of the molecule is O=C(Cn1c(=O)oc2ccc(-c3ccccc3)cc21)N1CCCc2ccccc21. The van der Waals surface area contributed by atoms with Crippen molar-refractivity contribution in [3.63, 3.8) is 0 Å². The van der Waals surface area contributed by atoms with Crippen molar-refractivity contribution in [2.75, 3.05) is 11.4 Å². The summed E-state index contributed by atoms with van der Waals surface area (Å²) in [6, 6.07) is 23.5. The van der Waals surface area contributed by atoms with Crippen LogP contribution in [0, 0.1) is 0 Å². The first-order valence-corrected chi connectivity index (χ1v) is 9.78. The maximum atomic E-state index is 13.1. The van der Waals surface area contributed by atoms with E-state index in [1.165, 1.54) is 10.1 Å². The summed E-state index contributed by atoms with van der Waals surface area (Å²) in [6.45, 7) is 0.619. The zero-order valence-corrected chi connectivity index (χ0v) is 15.9. The minimum absolute atomic E-state index is 0.0432. The Balaban J connectivity index is 1.51. The molecule has 3 aromatic carbocycles. The molecule has 1 amide bonds. The Morgan fingerprint density at radius 2 is 1.72 bits per heavy atom. The fourth-order valence-electron chi connectivity index (χ4n) is 4.04. The largest absolute Gasteiger partial charge is 0.420 e. The van der Waals surface area contributed by atoms with Gasteiger partial charge in [0.05, 0.1) is 5.52 Å². The van der Waals surface area contributed by atoms with Gasteiger partial charge in [0, 0.05) is 12.2 Å². The van der Waals surface area contributed by atoms with Crippen LogP contribution in [0.3, 0.4) is 0 Å². The van der Waals surface area contributed by atoms with Gasteiger partial charge in [0.15, 0.2) is 5.58 Å². The van der Waals surface area contributed by atoms with Gasteiger partial charge in [-0.15, -0.1) is 0 Å². The first-order valence-electron chi connectivity index (χ1n) is 9.78. The molecule has 5 rings (SSSR count). The molecule has 2 heterocycles. The highest BCUT2D eigenvalue weighted by atomic mass is 16.4. The fourth-order valence-corrected chi connectivity index (χ4v) is 4.04. The van der Waals surface area contributed by atoms with E-state index in [9.17, 15) is 9.59 Å². The van der Waals surface area contributed by atoms with Crippen LogP contribution in [0.5, 0.6) is 0 Å². The lowest BCUT2D eigenvalue weighted by molar-refractivity contribution is -0.119. The minimum atomic E-state index is -0.510. The van der Waals surface area contributed by atoms with Crippen molar-refractivity contribution in [1.29, 1.82) is 0 Å². The Kier molecular flexibility index (Phi) is 4.28. The zero-order valence-electron chi connectivity index (χ0n) is 15.9. The number of carbonyl (C=O) groups is 1. The Morgan fingerprint density at radius 3 is 2.59 bits per heavy atom. The second kappa shape index (κ2) is 7.09. The average Bonchev–Trinajstić information content (AvgIpc) is 3.08. The number of hydrogen-bond donors (Lipinski definition) is 0. The molecule has 0 radical (unpaired) electrons. The van der Waals surface area contributed by atoms with E-state index in [1.54, 1.807) is 11.0 Å². The van der Waals surface area contributed by atoms with Gasteiger partial charge in [0.2, 0.25) is 5.91 Å². The van der Waals surface area contributed by atoms with Gasteiger partial charge in [0.25, 0.3) is 0 Å². The number of para-hydroxylation sites is 1. The van der Waals surface area contributed by atoms with E-state index < -0.39 is 5.76 Å². The number of aromatic nitrogens is 1. The molecule has 1 aliphatic heterocycles. The summed E-state index contributed by atoms with van der Waals surface area (Å²) in [7, 11) is 0. The van der Waals surface area contributed by atoms with Crippen LogP contribution in [0.4, 0.5) is 5.69 Å². The van der Waals surface area contributed by atoms with Crippen molar-refractivity contribution in [3.8, 4) is 11.1 Å². The molecule has 29 heavy (non-hydrogen) atoms. The summed E-state index contributed by atoms with van der Waals surface area (Å²) in [5, 5.41) is 0. The van der Waals surface area contributed by atoms with Gasteiger partial charge in [-0.25, -0.2) is 4.79 Å². The second-order valence-electron chi connectivity index (χ2n) is 7.28. The molecule has 0 bridgehead atoms. The molecular formula is C24H20N2O3. The molecule has 4 aromatic rings. The molecule has 5 heteroatoms. The van der Waals surface area contributed by atoms with Gasteiger partial charge in [-0.2, -0.15) is 0 Å². The molecule has 0 N–H and O–H groups in total. The standard InChI is InChI=1S/C24H20N2O3/c27-23(25-14-6-10-18-9-4-5-11-20(18)25)16-26-21-15-19(17-7-2-1-3-8-17)12-13-22(21)29-24(26)28/h1-5,7-9,11-13,15H,6,10,14,16H2. The number of anilines is 1. The third kappa shape index (κ3) is 3.14. The number of oxazole rings is 1. The van der Waals surface area contributed by atoms with Gasteiger partial charge >= 0.3 is 5.76 Å². The maximum absolute atomic E-state index is 13.1. The van der Waals surface area contributed by atoms with Gasteiger partial charge in [0.1, 0.15) is 6.54 Å². The van der Waals surface area contributed by atoms with Crippen LogP contribution in [0.15, 0.2) is 82.0 Å². The predicted octanol–water partition coefficient (Wildman–Crippen LogP) is 4.24. The van der Waals surface area contributed by atoms with Crippen LogP contribution in [-0.2, 0) is 17.8 Å². The normalized spacial score (nSPS) is 13.4. The van der Waals surface area contributed by atoms with E-state index in [2.05, 4.69) is 6.07 Å². The molecule has 0 atom stereocenters. The zero-order chi connectivity index (χ0) is 19.8. The van der Waals surface area contributed by atoms with Crippen molar-refractivity contribution in [2.24, 2.45) is 0 Å². The van der Waals surface area contributed by atoms with Crippen molar-refractivity contribution in [3.05, 3.63) is 88.9 Å². The van der Waals surface area contributed by atoms with E-state index in [4.69, 9.17) is 4.42 Å². The molecule has 144 valence electrons. The molecule has 0 saturated carbocycles. The second-order valence-corrected chi connectivity index (χ2v) is 7.28. The highest BCUT2D eigenvalue weighted by Gasteiger charge is 2.24. The van der Waals surface area contributed by atoms with Crippen LogP contribution in [0.1, 0.15) is 12.0 Å². The Labute approximate surface area is 167 Å². The van der Waals surface area contributed by atoms with Crippen LogP contribution in [-0.4, -0.2) is 17.0 Å². The van der Waals surface area contributed by atoms with Crippen LogP contribution in [0.25, 0.3) is 22.2 Å². The summed E-state index contributed by atoms with van der Waals surface area (Å²) < 4.78 is 6.82. The van der Waals surface area contributed by atoms with E-state index in [0.29, 0.717) is 17.6 Å². The number of nitrogens with zero attached hydrogens (tertiary/aromatic N) is 2. The van der Waals surface area contributed by atoms with Gasteiger partial charge < -0.3 is 9.32 Å². The third-order valence-corrected chi connectivity index (χ3v) is 5.48. The highest BCUT2D eigenvalue weighted by molar-refractivity contribution is 5.95. The minimum Gasteiger partial charge on any atom is -0.408 e. The molecule has 5 nitrogen and oxygen atoms in total. The van der Waals surface area contributed by atoms with E-state index >= 15 is 0 Å². The lowest BCUT2D eigenvalue weighted by atomic mass is 10.0. The molecule has 0 saturated heterocycles. The number of hydrogen-bond acceptors (Lipinski definition) is 3. The number of rotatable bonds is 3.